The lowest BCUT2D eigenvalue weighted by molar-refractivity contribution is 0.0978. The molecule has 0 bridgehead atoms. The summed E-state index contributed by atoms with van der Waals surface area (Å²) >= 11 is 10.6. The van der Waals surface area contributed by atoms with Crippen LogP contribution in [-0.2, 0) is 12.8 Å². The molecule has 0 N–H and O–H groups in total. The lowest BCUT2D eigenvalue weighted by atomic mass is 9.82. The van der Waals surface area contributed by atoms with Crippen molar-refractivity contribution in [2.24, 2.45) is 11.8 Å². The molecule has 0 aliphatic heterocycles. The fourth-order valence-electron chi connectivity index (χ4n) is 7.70. The molecule has 2 atom stereocenters. The quantitative estimate of drug-likeness (QED) is 0.0684. The zero-order chi connectivity index (χ0) is 34.7. The number of rotatable bonds is 28. The molecule has 2 aromatic heterocycles. The van der Waals surface area contributed by atoms with Crippen molar-refractivity contribution in [1.82, 2.24) is 0 Å². The van der Waals surface area contributed by atoms with Crippen molar-refractivity contribution in [2.75, 3.05) is 0 Å². The van der Waals surface area contributed by atoms with E-state index in [2.05, 4.69) is 59.6 Å². The smallest absolute Gasteiger partial charge is 0.197 e. The van der Waals surface area contributed by atoms with Crippen LogP contribution >= 0.6 is 54.5 Å². The summed E-state index contributed by atoms with van der Waals surface area (Å²) in [6.07, 6.45) is 32.9. The minimum absolute atomic E-state index is 0.0747. The molecular weight excluding hydrogens is 760 g/mol. The second-order valence-electron chi connectivity index (χ2n) is 14.7. The Morgan fingerprint density at radius 2 is 0.708 bits per heavy atom. The lowest BCUT2D eigenvalue weighted by Crippen LogP contribution is -2.22. The third-order valence-corrected chi connectivity index (χ3v) is 14.4. The third-order valence-electron chi connectivity index (χ3n) is 10.6. The van der Waals surface area contributed by atoms with Crippen LogP contribution in [0.2, 0.25) is 0 Å². The number of carbonyl (C=O) groups excluding carboxylic acids is 2. The highest BCUT2D eigenvalue weighted by molar-refractivity contribution is 9.12. The molecule has 0 aromatic carbocycles. The summed E-state index contributed by atoms with van der Waals surface area (Å²) in [7, 11) is 0. The van der Waals surface area contributed by atoms with Gasteiger partial charge in [-0.25, -0.2) is 0 Å². The Kier molecular flexibility index (Phi) is 21.1. The van der Waals surface area contributed by atoms with E-state index in [-0.39, 0.29) is 11.6 Å². The summed E-state index contributed by atoms with van der Waals surface area (Å²) in [4.78, 5) is 31.2. The van der Waals surface area contributed by atoms with E-state index in [0.717, 1.165) is 31.5 Å². The van der Waals surface area contributed by atoms with E-state index in [1.807, 2.05) is 11.3 Å². The number of hydrogen-bond donors (Lipinski definition) is 0. The molecule has 0 fully saturated rings. The van der Waals surface area contributed by atoms with Gasteiger partial charge in [-0.3, -0.25) is 9.59 Å². The van der Waals surface area contributed by atoms with Crippen LogP contribution in [-0.4, -0.2) is 11.6 Å². The highest BCUT2D eigenvalue weighted by atomic mass is 79.9. The van der Waals surface area contributed by atoms with Crippen LogP contribution in [0.5, 0.6) is 0 Å². The predicted octanol–water partition coefficient (Wildman–Crippen LogP) is 15.9. The van der Waals surface area contributed by atoms with E-state index >= 15 is 0 Å². The predicted molar refractivity (Wildman–Crippen MR) is 219 cm³/mol. The zero-order valence-corrected chi connectivity index (χ0v) is 35.7. The number of carbonyl (C=O) groups is 2. The van der Waals surface area contributed by atoms with E-state index in [4.69, 9.17) is 0 Å². The van der Waals surface area contributed by atoms with Gasteiger partial charge in [0.25, 0.3) is 0 Å². The molecule has 2 unspecified atom stereocenters. The maximum atomic E-state index is 14.4. The van der Waals surface area contributed by atoms with E-state index in [1.54, 1.807) is 0 Å². The fraction of sp³-hybridized carbons (Fsp3) is 0.762. The van der Waals surface area contributed by atoms with Gasteiger partial charge in [-0.05, 0) is 56.5 Å². The van der Waals surface area contributed by atoms with Gasteiger partial charge in [0.2, 0.25) is 0 Å². The Morgan fingerprint density at radius 1 is 0.417 bits per heavy atom. The van der Waals surface area contributed by atoms with Crippen molar-refractivity contribution in [3.8, 4) is 0 Å². The minimum Gasteiger partial charge on any atom is -0.288 e. The molecule has 1 aliphatic rings. The van der Waals surface area contributed by atoms with E-state index in [1.165, 1.54) is 175 Å². The van der Waals surface area contributed by atoms with Crippen LogP contribution in [0.15, 0.2) is 7.57 Å². The topological polar surface area (TPSA) is 34.1 Å². The van der Waals surface area contributed by atoms with Gasteiger partial charge < -0.3 is 0 Å². The average molecular weight is 827 g/mol. The molecule has 0 amide bonds. The first kappa shape index (κ1) is 42.1. The summed E-state index contributed by atoms with van der Waals surface area (Å²) in [6.45, 7) is 9.14. The Bertz CT molecular complexity index is 1140. The standard InChI is InChI=1S/C42H66Br2O2S2/c1-5-9-13-17-19-23-27-31(25-21-15-11-7-3)29-33-35-36(40(46)38-37(39(35)45)41(43)48-42(38)44)34(47-33)30-32(26-22-16-12-8-4)28-24-20-18-14-10-6-2/h31-32H,5-30H2,1-4H3. The Balaban J connectivity index is 1.91. The molecule has 0 spiro atoms. The molecule has 0 saturated heterocycles. The monoisotopic (exact) mass is 824 g/mol. The van der Waals surface area contributed by atoms with Gasteiger partial charge in [-0.2, -0.15) is 0 Å². The van der Waals surface area contributed by atoms with Crippen molar-refractivity contribution in [2.45, 2.75) is 195 Å². The van der Waals surface area contributed by atoms with Gasteiger partial charge in [0, 0.05) is 20.9 Å². The van der Waals surface area contributed by atoms with E-state index in [0.29, 0.717) is 23.0 Å². The van der Waals surface area contributed by atoms with Gasteiger partial charge in [-0.1, -0.05) is 182 Å². The second kappa shape index (κ2) is 24.0. The highest BCUT2D eigenvalue weighted by Crippen LogP contribution is 2.47. The Hall–Kier alpha value is -0.300. The number of hydrogen-bond acceptors (Lipinski definition) is 4. The number of thiophene rings is 2. The second-order valence-corrected chi connectivity index (χ2v) is 19.6. The van der Waals surface area contributed by atoms with Gasteiger partial charge in [0.05, 0.1) is 18.7 Å². The van der Waals surface area contributed by atoms with Gasteiger partial charge >= 0.3 is 0 Å². The van der Waals surface area contributed by atoms with Crippen molar-refractivity contribution in [1.29, 1.82) is 0 Å². The van der Waals surface area contributed by atoms with Gasteiger partial charge in [0.1, 0.15) is 0 Å². The van der Waals surface area contributed by atoms with E-state index in [9.17, 15) is 9.59 Å². The maximum absolute atomic E-state index is 14.4. The first-order valence-corrected chi connectivity index (χ1v) is 23.3. The minimum atomic E-state index is 0.0747. The van der Waals surface area contributed by atoms with Crippen LogP contribution in [0.3, 0.4) is 0 Å². The van der Waals surface area contributed by atoms with Gasteiger partial charge in [0.15, 0.2) is 11.6 Å². The number of unbranched alkanes of at least 4 members (excludes halogenated alkanes) is 16. The molecule has 272 valence electrons. The van der Waals surface area contributed by atoms with Crippen LogP contribution in [0.4, 0.5) is 0 Å². The molecule has 0 saturated carbocycles. The van der Waals surface area contributed by atoms with Crippen LogP contribution in [0.1, 0.15) is 223 Å². The first-order chi connectivity index (χ1) is 23.4. The summed E-state index contributed by atoms with van der Waals surface area (Å²) in [5.41, 5.74) is 2.72. The summed E-state index contributed by atoms with van der Waals surface area (Å²) < 4.78 is 1.57. The van der Waals surface area contributed by atoms with Crippen molar-refractivity contribution in [3.05, 3.63) is 39.6 Å². The molecule has 3 rings (SSSR count). The average Bonchev–Trinajstić information content (AvgIpc) is 3.59. The van der Waals surface area contributed by atoms with Crippen LogP contribution in [0, 0.1) is 11.8 Å². The highest BCUT2D eigenvalue weighted by Gasteiger charge is 2.40. The molecule has 1 aliphatic carbocycles. The number of ketones is 2. The molecule has 0 radical (unpaired) electrons. The Morgan fingerprint density at radius 3 is 1.04 bits per heavy atom. The normalized spacial score (nSPS) is 14.0. The summed E-state index contributed by atoms with van der Waals surface area (Å²) in [6, 6.07) is 0. The van der Waals surface area contributed by atoms with Gasteiger partial charge in [-0.15, -0.1) is 22.7 Å². The zero-order valence-electron chi connectivity index (χ0n) is 30.9. The number of halogens is 2. The molecule has 48 heavy (non-hydrogen) atoms. The third kappa shape index (κ3) is 13.0. The fourth-order valence-corrected chi connectivity index (χ4v) is 12.4. The molecule has 2 nitrogen and oxygen atoms in total. The van der Waals surface area contributed by atoms with Crippen molar-refractivity contribution in [3.63, 3.8) is 0 Å². The molecule has 2 heterocycles. The summed E-state index contributed by atoms with van der Waals surface area (Å²) in [5.74, 6) is 1.31. The largest absolute Gasteiger partial charge is 0.288 e. The SMILES string of the molecule is CCCCCCCCC(CCCCCC)Cc1sc(CC(CCCCCC)CCCCCCCC)c2c1C(=O)c1c(Br)sc(Br)c1C2=O. The van der Waals surface area contributed by atoms with Crippen LogP contribution in [0.25, 0.3) is 0 Å². The van der Waals surface area contributed by atoms with Crippen molar-refractivity contribution < 1.29 is 9.59 Å². The lowest BCUT2D eigenvalue weighted by Gasteiger charge is -2.19. The Labute approximate surface area is 319 Å². The molecule has 2 aromatic rings. The first-order valence-electron chi connectivity index (χ1n) is 20.1. The van der Waals surface area contributed by atoms with Crippen molar-refractivity contribution >= 4 is 66.1 Å². The summed E-state index contributed by atoms with van der Waals surface area (Å²) in [5, 5.41) is 0. The molecule has 6 heteroatoms. The number of fused-ring (bicyclic) bond motifs is 2. The molecular formula is C42H66Br2O2S2. The van der Waals surface area contributed by atoms with E-state index < -0.39 is 0 Å². The van der Waals surface area contributed by atoms with Crippen LogP contribution < -0.4 is 0 Å². The maximum Gasteiger partial charge on any atom is 0.197 e.